The molecule has 2 unspecified atom stereocenters. The van der Waals surface area contributed by atoms with E-state index in [0.29, 0.717) is 12.0 Å². The molecule has 0 amide bonds. The van der Waals surface area contributed by atoms with Crippen LogP contribution in [0.1, 0.15) is 63.2 Å². The Morgan fingerprint density at radius 1 is 1.08 bits per heavy atom. The fourth-order valence-electron chi connectivity index (χ4n) is 3.31. The van der Waals surface area contributed by atoms with E-state index in [2.05, 4.69) is 4.89 Å². The van der Waals surface area contributed by atoms with Crippen molar-refractivity contribution in [2.24, 2.45) is 0 Å². The van der Waals surface area contributed by atoms with Crippen LogP contribution in [0.15, 0.2) is 36.4 Å². The predicted molar refractivity (Wildman–Crippen MR) is 135 cm³/mol. The molecule has 1 aliphatic heterocycles. The molecular weight excluding hydrogens is 582 g/mol. The Bertz CT molecular complexity index is 1140. The molecule has 1 N–H and O–H groups in total. The number of carbonyl (C=O) groups excluding carboxylic acids is 5. The van der Waals surface area contributed by atoms with Crippen molar-refractivity contribution in [2.75, 3.05) is 12.5 Å². The van der Waals surface area contributed by atoms with Gasteiger partial charge in [-0.1, -0.05) is 38.1 Å². The number of ketones is 4. The summed E-state index contributed by atoms with van der Waals surface area (Å²) in [5.41, 5.74) is 3.15. The molecule has 0 radical (unpaired) electrons. The number of halogens is 1. The van der Waals surface area contributed by atoms with Gasteiger partial charge in [0.25, 0.3) is 6.47 Å². The van der Waals surface area contributed by atoms with E-state index in [0.717, 1.165) is 22.4 Å². The molecule has 0 spiro atoms. The van der Waals surface area contributed by atoms with Gasteiger partial charge in [-0.3, -0.25) is 24.0 Å². The maximum absolute atomic E-state index is 11.3. The molecule has 0 saturated heterocycles. The molecule has 1 heterocycles. The first-order chi connectivity index (χ1) is 17.4. The van der Waals surface area contributed by atoms with E-state index in [1.807, 2.05) is 25.1 Å². The van der Waals surface area contributed by atoms with Gasteiger partial charge in [-0.15, -0.1) is 11.6 Å². The molecule has 3 rings (SSSR count). The van der Waals surface area contributed by atoms with Crippen molar-refractivity contribution < 1.29 is 148 Å². The van der Waals surface area contributed by atoms with E-state index >= 15 is 0 Å². The van der Waals surface area contributed by atoms with E-state index in [1.54, 1.807) is 26.0 Å². The molecule has 9 nitrogen and oxygen atoms in total. The van der Waals surface area contributed by atoms with Crippen LogP contribution in [0.4, 0.5) is 0 Å². The summed E-state index contributed by atoms with van der Waals surface area (Å²) in [6.07, 6.45) is 0.502. The third kappa shape index (κ3) is 14.4. The van der Waals surface area contributed by atoms with Gasteiger partial charge in [0.2, 0.25) is 0 Å². The molecule has 12 heteroatoms. The number of fused-ring (bicyclic) bond motifs is 1. The third-order valence-corrected chi connectivity index (χ3v) is 6.06. The normalized spacial score (nSPS) is 12.5. The number of phenolic OH excluding ortho intramolecular Hbond substituents is 1. The Morgan fingerprint density at radius 2 is 1.59 bits per heavy atom. The van der Waals surface area contributed by atoms with Crippen LogP contribution >= 0.6 is 11.6 Å². The quantitative estimate of drug-likeness (QED) is 0.107. The number of benzene rings is 2. The Balaban J connectivity index is -0.000000566. The first-order valence-corrected chi connectivity index (χ1v) is 11.9. The van der Waals surface area contributed by atoms with Gasteiger partial charge in [0.05, 0.1) is 5.88 Å². The summed E-state index contributed by atoms with van der Waals surface area (Å²) in [7, 11) is 0. The average molecular weight is 613 g/mol. The Hall–Kier alpha value is -0.287. The van der Waals surface area contributed by atoms with Crippen LogP contribution in [-0.2, 0) is 41.7 Å². The first-order valence-electron chi connectivity index (χ1n) is 11.3. The molecule has 2 atom stereocenters. The molecule has 0 bridgehead atoms. The van der Waals surface area contributed by atoms with Crippen LogP contribution in [0, 0.1) is 0 Å². The minimum absolute atomic E-state index is 0. The van der Waals surface area contributed by atoms with E-state index in [4.69, 9.17) is 26.4 Å². The fraction of sp³-hybridized carbons (Fsp3) is 0.370. The molecule has 1 aliphatic rings. The van der Waals surface area contributed by atoms with Gasteiger partial charge >= 0.3 is 103 Å². The van der Waals surface area contributed by atoms with Crippen molar-refractivity contribution in [3.05, 3.63) is 58.7 Å². The average Bonchev–Trinajstić information content (AvgIpc) is 2.88. The number of carbonyl (C=O) groups is 5. The number of hydrogen-bond acceptors (Lipinski definition) is 9. The number of hydrogen-bond donors (Lipinski definition) is 1. The minimum atomic E-state index is -0.236. The summed E-state index contributed by atoms with van der Waals surface area (Å²) in [6, 6.07) is 10.5. The van der Waals surface area contributed by atoms with Crippen LogP contribution < -0.4 is 113 Å². The smallest absolute Gasteiger partial charge is 1.00 e. The molecule has 202 valence electrons. The molecule has 0 aliphatic carbocycles. The van der Waals surface area contributed by atoms with Gasteiger partial charge in [-0.2, -0.15) is 0 Å². The van der Waals surface area contributed by atoms with Crippen molar-refractivity contribution in [1.29, 1.82) is 0 Å². The summed E-state index contributed by atoms with van der Waals surface area (Å²) in [4.78, 5) is 56.3. The summed E-state index contributed by atoms with van der Waals surface area (Å²) < 4.78 is 5.30. The van der Waals surface area contributed by atoms with E-state index in [-0.39, 0.29) is 170 Å². The van der Waals surface area contributed by atoms with Gasteiger partial charge in [0, 0.05) is 35.8 Å². The molecule has 0 aromatic heterocycles. The molecule has 0 saturated carbocycles. The summed E-state index contributed by atoms with van der Waals surface area (Å²) >= 11 is 5.42. The summed E-state index contributed by atoms with van der Waals surface area (Å²) in [5.74, 6) is 0.485. The second-order valence-electron chi connectivity index (χ2n) is 8.47. The first kappa shape index (κ1) is 40.9. The zero-order chi connectivity index (χ0) is 28.1. The number of ether oxygens (including phenoxy) is 1. The topological polar surface area (TPSA) is 147 Å². The number of aromatic hydroxyl groups is 1. The van der Waals surface area contributed by atoms with Gasteiger partial charge < -0.3 is 21.4 Å². The zero-order valence-corrected chi connectivity index (χ0v) is 30.1. The van der Waals surface area contributed by atoms with Gasteiger partial charge in [0.15, 0.2) is 11.6 Å². The van der Waals surface area contributed by atoms with E-state index in [9.17, 15) is 24.3 Å². The van der Waals surface area contributed by atoms with Crippen molar-refractivity contribution in [3.8, 4) is 11.5 Å². The zero-order valence-electron chi connectivity index (χ0n) is 24.1. The largest absolute Gasteiger partial charge is 1.00 e. The van der Waals surface area contributed by atoms with Gasteiger partial charge in [-0.05, 0) is 37.1 Å². The van der Waals surface area contributed by atoms with Gasteiger partial charge in [0.1, 0.15) is 29.7 Å². The molecule has 2 aromatic rings. The number of Topliss-reactive ketones (excluding diaryl/α,β-unsaturated/α-hetero) is 4. The Morgan fingerprint density at radius 3 is 2.08 bits per heavy atom. The number of phenols is 1. The van der Waals surface area contributed by atoms with Crippen LogP contribution in [0.25, 0.3) is 0 Å². The number of alkyl halides is 1. The molecule has 2 aromatic carbocycles. The summed E-state index contributed by atoms with van der Waals surface area (Å²) in [5, 5.41) is 18.1. The van der Waals surface area contributed by atoms with Crippen molar-refractivity contribution in [3.63, 3.8) is 0 Å². The van der Waals surface area contributed by atoms with Gasteiger partial charge in [-0.25, -0.2) is 0 Å². The van der Waals surface area contributed by atoms with Crippen molar-refractivity contribution >= 4 is 41.2 Å². The maximum atomic E-state index is 11.3. The third-order valence-electron chi connectivity index (χ3n) is 5.76. The Kier molecular flexibility index (Phi) is 22.4. The van der Waals surface area contributed by atoms with E-state index < -0.39 is 0 Å². The van der Waals surface area contributed by atoms with Crippen molar-refractivity contribution in [2.45, 2.75) is 52.4 Å². The predicted octanol–water partition coefficient (Wildman–Crippen LogP) is -3.13. The van der Waals surface area contributed by atoms with Crippen LogP contribution in [0.5, 0.6) is 11.5 Å². The second-order valence-corrected chi connectivity index (χ2v) is 8.73. The maximum Gasteiger partial charge on any atom is 1.00 e. The van der Waals surface area contributed by atoms with Crippen LogP contribution in [-0.4, -0.2) is 47.2 Å². The SMILES string of the molecule is CC(=O)C(C)c1ccc(O)c(CC(=O)CCl)c1.CC(=O)C(C)c1ccc2c(c1)CC(=O)CO2.O=CO[O-].[H-].[K+].[K+]. The second kappa shape index (κ2) is 21.4. The van der Waals surface area contributed by atoms with E-state index in [1.165, 1.54) is 13.0 Å². The fourth-order valence-corrected chi connectivity index (χ4v) is 3.41. The molecule has 39 heavy (non-hydrogen) atoms. The van der Waals surface area contributed by atoms with Crippen LogP contribution in [0.3, 0.4) is 0 Å². The minimum Gasteiger partial charge on any atom is -1.00 e. The molecule has 0 fully saturated rings. The Labute approximate surface area is 319 Å². The monoisotopic (exact) mass is 612 g/mol. The number of rotatable bonds is 8. The van der Waals surface area contributed by atoms with Crippen molar-refractivity contribution in [1.82, 2.24) is 0 Å². The molecular formula is C27H31ClK2O9. The van der Waals surface area contributed by atoms with Crippen LogP contribution in [0.2, 0.25) is 0 Å². The summed E-state index contributed by atoms with van der Waals surface area (Å²) in [6.45, 7) is 6.74. The standard InChI is InChI=1S/C13H15ClO3.C13H14O3.CH2O3.2K.H/c1-8(9(2)15)10-3-4-13(17)11(5-10)6-12(16)7-14;1-8(9(2)14)10-3-4-13-11(5-10)6-12(15)7-16-13;2-1-4-3;;;/h3-5,8,17H,6-7H2,1-2H3;3-5,8H,6-7H2,1-2H3;1,3H;;;/q;;;2*+1;-1/p-1.